The van der Waals surface area contributed by atoms with E-state index in [0.717, 1.165) is 12.3 Å². The van der Waals surface area contributed by atoms with Crippen LogP contribution in [0.5, 0.6) is 0 Å². The highest BCUT2D eigenvalue weighted by molar-refractivity contribution is 7.98. The lowest BCUT2D eigenvalue weighted by Crippen LogP contribution is -2.06. The fraction of sp³-hybridized carbons (Fsp3) is 0.400. The van der Waals surface area contributed by atoms with Gasteiger partial charge in [-0.05, 0) is 24.8 Å². The summed E-state index contributed by atoms with van der Waals surface area (Å²) in [5.41, 5.74) is 2.45. The average Bonchev–Trinajstić information content (AvgIpc) is 2.84. The second kappa shape index (κ2) is 7.68. The van der Waals surface area contributed by atoms with Crippen LogP contribution in [0.25, 0.3) is 10.4 Å². The maximum absolute atomic E-state index is 4.78. The van der Waals surface area contributed by atoms with Crippen molar-refractivity contribution in [1.29, 1.82) is 0 Å². The van der Waals surface area contributed by atoms with Gasteiger partial charge in [-0.15, -0.1) is 11.3 Å². The first-order chi connectivity index (χ1) is 9.35. The Kier molecular flexibility index (Phi) is 5.89. The van der Waals surface area contributed by atoms with Crippen molar-refractivity contribution in [2.24, 2.45) is 0 Å². The zero-order valence-corrected chi connectivity index (χ0v) is 13.1. The molecule has 0 radical (unpaired) electrons. The van der Waals surface area contributed by atoms with Gasteiger partial charge in [0.25, 0.3) is 0 Å². The monoisotopic (exact) mass is 292 g/mol. The molecular weight excluding hydrogens is 272 g/mol. The van der Waals surface area contributed by atoms with E-state index in [4.69, 9.17) is 4.98 Å². The highest BCUT2D eigenvalue weighted by atomic mass is 32.2. The predicted molar refractivity (Wildman–Crippen MR) is 86.8 cm³/mol. The van der Waals surface area contributed by atoms with E-state index in [2.05, 4.69) is 42.6 Å². The van der Waals surface area contributed by atoms with Gasteiger partial charge in [-0.1, -0.05) is 37.3 Å². The Morgan fingerprint density at radius 2 is 2.05 bits per heavy atom. The molecule has 2 nitrogen and oxygen atoms in total. The van der Waals surface area contributed by atoms with E-state index in [0.29, 0.717) is 0 Å². The molecule has 0 atom stereocenters. The van der Waals surface area contributed by atoms with Gasteiger partial charge in [0, 0.05) is 12.3 Å². The lowest BCUT2D eigenvalue weighted by molar-refractivity contribution is 0.796. The second-order valence-corrected chi connectivity index (χ2v) is 6.52. The maximum atomic E-state index is 4.78. The van der Waals surface area contributed by atoms with Crippen LogP contribution in [0.15, 0.2) is 30.3 Å². The molecule has 1 N–H and O–H groups in total. The Morgan fingerprint density at radius 3 is 2.74 bits per heavy atom. The minimum Gasteiger partial charge on any atom is -0.314 e. The number of aromatic nitrogens is 1. The molecule has 0 saturated carbocycles. The smallest absolute Gasteiger partial charge is 0.103 e. The van der Waals surface area contributed by atoms with E-state index >= 15 is 0 Å². The third-order valence-corrected chi connectivity index (χ3v) is 5.20. The molecule has 1 heterocycles. The first kappa shape index (κ1) is 14.6. The van der Waals surface area contributed by atoms with Gasteiger partial charge < -0.3 is 5.32 Å². The van der Waals surface area contributed by atoms with E-state index in [1.807, 2.05) is 30.1 Å². The summed E-state index contributed by atoms with van der Waals surface area (Å²) < 4.78 is 0. The summed E-state index contributed by atoms with van der Waals surface area (Å²) in [6.45, 7) is 3.05. The van der Waals surface area contributed by atoms with Gasteiger partial charge in [0.05, 0.1) is 10.6 Å². The highest BCUT2D eigenvalue weighted by Crippen LogP contribution is 2.32. The average molecular weight is 292 g/mol. The molecule has 0 saturated heterocycles. The molecule has 0 aliphatic rings. The van der Waals surface area contributed by atoms with Gasteiger partial charge in [0.2, 0.25) is 0 Å². The summed E-state index contributed by atoms with van der Waals surface area (Å²) in [6, 6.07) is 10.6. The van der Waals surface area contributed by atoms with Gasteiger partial charge in [-0.3, -0.25) is 0 Å². The normalized spacial score (nSPS) is 10.8. The molecule has 1 aromatic heterocycles. The fourth-order valence-corrected chi connectivity index (χ4v) is 3.91. The second-order valence-electron chi connectivity index (χ2n) is 4.33. The molecule has 2 rings (SSSR count). The molecule has 102 valence electrons. The number of nitrogens with zero attached hydrogens (tertiary/aromatic N) is 1. The lowest BCUT2D eigenvalue weighted by atomic mass is 10.1. The SMILES string of the molecule is CCCSCc1nc(CNC)c(-c2ccccc2)s1. The van der Waals surface area contributed by atoms with Gasteiger partial charge in [0.1, 0.15) is 5.01 Å². The van der Waals surface area contributed by atoms with Crippen LogP contribution in [-0.4, -0.2) is 17.8 Å². The number of benzene rings is 1. The number of nitrogens with one attached hydrogen (secondary N) is 1. The summed E-state index contributed by atoms with van der Waals surface area (Å²) in [7, 11) is 1.97. The molecule has 2 aromatic rings. The molecule has 19 heavy (non-hydrogen) atoms. The van der Waals surface area contributed by atoms with Gasteiger partial charge in [-0.2, -0.15) is 11.8 Å². The van der Waals surface area contributed by atoms with Crippen molar-refractivity contribution in [3.05, 3.63) is 41.0 Å². The zero-order chi connectivity index (χ0) is 13.5. The van der Waals surface area contributed by atoms with Crippen LogP contribution >= 0.6 is 23.1 Å². The summed E-state index contributed by atoms with van der Waals surface area (Å²) in [5, 5.41) is 4.45. The number of hydrogen-bond donors (Lipinski definition) is 1. The van der Waals surface area contributed by atoms with E-state index in [1.54, 1.807) is 0 Å². The molecule has 1 aromatic carbocycles. The molecule has 0 spiro atoms. The molecular formula is C15H20N2S2. The maximum Gasteiger partial charge on any atom is 0.103 e. The molecule has 0 aliphatic carbocycles. The van der Waals surface area contributed by atoms with Crippen LogP contribution in [0.3, 0.4) is 0 Å². The summed E-state index contributed by atoms with van der Waals surface area (Å²) >= 11 is 3.80. The zero-order valence-electron chi connectivity index (χ0n) is 11.5. The Morgan fingerprint density at radius 1 is 1.26 bits per heavy atom. The Bertz CT molecular complexity index is 494. The standard InChI is InChI=1S/C15H20N2S2/c1-3-9-18-11-14-17-13(10-16-2)15(19-14)12-7-5-4-6-8-12/h4-8,16H,3,9-11H2,1-2H3. The third-order valence-electron chi connectivity index (χ3n) is 2.70. The minimum atomic E-state index is 0.833. The van der Waals surface area contributed by atoms with E-state index < -0.39 is 0 Å². The van der Waals surface area contributed by atoms with Crippen molar-refractivity contribution in [3.63, 3.8) is 0 Å². The fourth-order valence-electron chi connectivity index (χ4n) is 1.87. The highest BCUT2D eigenvalue weighted by Gasteiger charge is 2.12. The first-order valence-corrected chi connectivity index (χ1v) is 8.58. The van der Waals surface area contributed by atoms with Crippen LogP contribution in [0.4, 0.5) is 0 Å². The van der Waals surface area contributed by atoms with Crippen LogP contribution in [0.2, 0.25) is 0 Å². The van der Waals surface area contributed by atoms with Crippen molar-refractivity contribution in [1.82, 2.24) is 10.3 Å². The van der Waals surface area contributed by atoms with E-state index in [-0.39, 0.29) is 0 Å². The molecule has 0 amide bonds. The first-order valence-electron chi connectivity index (χ1n) is 6.61. The van der Waals surface area contributed by atoms with Crippen LogP contribution in [0, 0.1) is 0 Å². The Labute approximate surface area is 123 Å². The van der Waals surface area contributed by atoms with Crippen LogP contribution in [-0.2, 0) is 12.3 Å². The van der Waals surface area contributed by atoms with Crippen molar-refractivity contribution in [2.45, 2.75) is 25.6 Å². The molecule has 0 bridgehead atoms. The summed E-state index contributed by atoms with van der Waals surface area (Å²) in [4.78, 5) is 6.09. The van der Waals surface area contributed by atoms with E-state index in [1.165, 1.54) is 33.3 Å². The van der Waals surface area contributed by atoms with Gasteiger partial charge in [-0.25, -0.2) is 4.98 Å². The summed E-state index contributed by atoms with van der Waals surface area (Å²) in [5.74, 6) is 2.24. The number of thioether (sulfide) groups is 1. The summed E-state index contributed by atoms with van der Waals surface area (Å²) in [6.07, 6.45) is 1.23. The number of thiazole rings is 1. The van der Waals surface area contributed by atoms with Crippen LogP contribution in [0.1, 0.15) is 24.0 Å². The van der Waals surface area contributed by atoms with Crippen molar-refractivity contribution in [3.8, 4) is 10.4 Å². The largest absolute Gasteiger partial charge is 0.314 e. The van der Waals surface area contributed by atoms with Crippen molar-refractivity contribution >= 4 is 23.1 Å². The Balaban J connectivity index is 2.21. The molecule has 0 aliphatic heterocycles. The van der Waals surface area contributed by atoms with E-state index in [9.17, 15) is 0 Å². The number of rotatable bonds is 7. The topological polar surface area (TPSA) is 24.9 Å². The molecule has 0 fully saturated rings. The third kappa shape index (κ3) is 4.06. The predicted octanol–water partition coefficient (Wildman–Crippen LogP) is 4.17. The molecule has 4 heteroatoms. The minimum absolute atomic E-state index is 0.833. The van der Waals surface area contributed by atoms with Gasteiger partial charge in [0.15, 0.2) is 0 Å². The van der Waals surface area contributed by atoms with Crippen LogP contribution < -0.4 is 5.32 Å². The Hall–Kier alpha value is -0.840. The number of hydrogen-bond acceptors (Lipinski definition) is 4. The van der Waals surface area contributed by atoms with Crippen molar-refractivity contribution < 1.29 is 0 Å². The lowest BCUT2D eigenvalue weighted by Gasteiger charge is -2.00. The van der Waals surface area contributed by atoms with Gasteiger partial charge >= 0.3 is 0 Å². The quantitative estimate of drug-likeness (QED) is 0.775. The van der Waals surface area contributed by atoms with Crippen molar-refractivity contribution in [2.75, 3.05) is 12.8 Å². The molecule has 0 unspecified atom stereocenters.